The molecule has 0 aliphatic carbocycles. The van der Waals surface area contributed by atoms with Crippen molar-refractivity contribution in [3.63, 3.8) is 0 Å². The van der Waals surface area contributed by atoms with E-state index >= 15 is 0 Å². The van der Waals surface area contributed by atoms with Gasteiger partial charge in [0.05, 0.1) is 6.42 Å². The quantitative estimate of drug-likeness (QED) is 0.757. The van der Waals surface area contributed by atoms with Crippen LogP contribution < -0.4 is 0 Å². The van der Waals surface area contributed by atoms with Crippen molar-refractivity contribution in [2.75, 3.05) is 11.9 Å². The lowest BCUT2D eigenvalue weighted by Crippen LogP contribution is -2.39. The molecule has 0 saturated heterocycles. The van der Waals surface area contributed by atoms with Crippen molar-refractivity contribution in [1.82, 2.24) is 4.90 Å². The van der Waals surface area contributed by atoms with Gasteiger partial charge >= 0.3 is 0 Å². The first kappa shape index (κ1) is 15.0. The third-order valence-electron chi connectivity index (χ3n) is 3.44. The highest BCUT2D eigenvalue weighted by atomic mass is 79.9. The number of benzene rings is 2. The second-order valence-corrected chi connectivity index (χ2v) is 6.02. The normalized spacial score (nSPS) is 11.0. The van der Waals surface area contributed by atoms with Gasteiger partial charge in [-0.05, 0) is 30.2 Å². The molecule has 106 valence electrons. The zero-order valence-corrected chi connectivity index (χ0v) is 13.6. The molecule has 0 N–H and O–H groups in total. The standard InChI is InChI=1S/C17H20BrNO/c1-13(2)19(10-9-18)17(20)12-14-7-8-15-5-3-4-6-16(15)11-14/h3-8,11,13H,9-10,12H2,1-2H3. The van der Waals surface area contributed by atoms with Gasteiger partial charge in [0.1, 0.15) is 0 Å². The molecule has 0 radical (unpaired) electrons. The van der Waals surface area contributed by atoms with Gasteiger partial charge in [-0.3, -0.25) is 4.79 Å². The van der Waals surface area contributed by atoms with Gasteiger partial charge in [-0.15, -0.1) is 0 Å². The Morgan fingerprint density at radius 3 is 2.50 bits per heavy atom. The topological polar surface area (TPSA) is 20.3 Å². The van der Waals surface area contributed by atoms with Crippen LogP contribution >= 0.6 is 15.9 Å². The van der Waals surface area contributed by atoms with Gasteiger partial charge in [0.15, 0.2) is 0 Å². The number of hydrogen-bond donors (Lipinski definition) is 0. The smallest absolute Gasteiger partial charge is 0.227 e. The summed E-state index contributed by atoms with van der Waals surface area (Å²) in [4.78, 5) is 14.3. The Kier molecular flexibility index (Phi) is 5.18. The minimum absolute atomic E-state index is 0.190. The summed E-state index contributed by atoms with van der Waals surface area (Å²) in [5, 5.41) is 3.22. The van der Waals surface area contributed by atoms with E-state index in [1.165, 1.54) is 10.8 Å². The molecule has 0 saturated carbocycles. The fraction of sp³-hybridized carbons (Fsp3) is 0.353. The molecule has 1 amide bonds. The third kappa shape index (κ3) is 3.60. The Bertz CT molecular complexity index is 594. The van der Waals surface area contributed by atoms with Gasteiger partial charge in [-0.25, -0.2) is 0 Å². The number of amides is 1. The highest BCUT2D eigenvalue weighted by Crippen LogP contribution is 2.17. The molecule has 0 atom stereocenters. The number of fused-ring (bicyclic) bond motifs is 1. The molecule has 0 fully saturated rings. The van der Waals surface area contributed by atoms with E-state index in [1.807, 2.05) is 23.1 Å². The summed E-state index contributed by atoms with van der Waals surface area (Å²) in [5.41, 5.74) is 1.08. The molecule has 0 bridgehead atoms. The molecular weight excluding hydrogens is 314 g/mol. The van der Waals surface area contributed by atoms with Crippen molar-refractivity contribution in [2.24, 2.45) is 0 Å². The SMILES string of the molecule is CC(C)N(CCBr)C(=O)Cc1ccc2ccccc2c1. The van der Waals surface area contributed by atoms with Crippen LogP contribution in [0.5, 0.6) is 0 Å². The molecule has 20 heavy (non-hydrogen) atoms. The largest absolute Gasteiger partial charge is 0.339 e. The summed E-state index contributed by atoms with van der Waals surface area (Å²) in [5.74, 6) is 0.190. The zero-order chi connectivity index (χ0) is 14.5. The van der Waals surface area contributed by atoms with Crippen molar-refractivity contribution >= 4 is 32.6 Å². The van der Waals surface area contributed by atoms with Crippen LogP contribution in [0.2, 0.25) is 0 Å². The minimum Gasteiger partial charge on any atom is -0.339 e. The molecule has 0 unspecified atom stereocenters. The van der Waals surface area contributed by atoms with Crippen molar-refractivity contribution in [3.05, 3.63) is 48.0 Å². The Morgan fingerprint density at radius 1 is 1.15 bits per heavy atom. The zero-order valence-electron chi connectivity index (χ0n) is 12.0. The Morgan fingerprint density at radius 2 is 1.85 bits per heavy atom. The average molecular weight is 334 g/mol. The average Bonchev–Trinajstić information content (AvgIpc) is 2.44. The van der Waals surface area contributed by atoms with Crippen LogP contribution in [0.25, 0.3) is 10.8 Å². The molecule has 0 heterocycles. The second kappa shape index (κ2) is 6.89. The molecule has 2 aromatic carbocycles. The van der Waals surface area contributed by atoms with Crippen LogP contribution in [0.1, 0.15) is 19.4 Å². The predicted molar refractivity (Wildman–Crippen MR) is 88.3 cm³/mol. The minimum atomic E-state index is 0.190. The van der Waals surface area contributed by atoms with E-state index < -0.39 is 0 Å². The first-order chi connectivity index (χ1) is 9.61. The van der Waals surface area contributed by atoms with Crippen LogP contribution in [0.15, 0.2) is 42.5 Å². The van der Waals surface area contributed by atoms with E-state index in [0.29, 0.717) is 6.42 Å². The van der Waals surface area contributed by atoms with Crippen molar-refractivity contribution in [3.8, 4) is 0 Å². The number of hydrogen-bond acceptors (Lipinski definition) is 1. The van der Waals surface area contributed by atoms with Crippen LogP contribution in [-0.2, 0) is 11.2 Å². The van der Waals surface area contributed by atoms with Crippen LogP contribution in [0, 0.1) is 0 Å². The van der Waals surface area contributed by atoms with Crippen LogP contribution in [-0.4, -0.2) is 28.7 Å². The van der Waals surface area contributed by atoms with Crippen molar-refractivity contribution in [2.45, 2.75) is 26.3 Å². The first-order valence-electron chi connectivity index (χ1n) is 6.95. The maximum Gasteiger partial charge on any atom is 0.227 e. The van der Waals surface area contributed by atoms with Gasteiger partial charge < -0.3 is 4.90 Å². The molecule has 3 heteroatoms. The van der Waals surface area contributed by atoms with E-state index in [0.717, 1.165) is 17.4 Å². The van der Waals surface area contributed by atoms with E-state index in [1.54, 1.807) is 0 Å². The lowest BCUT2D eigenvalue weighted by atomic mass is 10.0. The highest BCUT2D eigenvalue weighted by Gasteiger charge is 2.16. The summed E-state index contributed by atoms with van der Waals surface area (Å²) in [6.45, 7) is 4.87. The molecule has 2 nitrogen and oxygen atoms in total. The number of alkyl halides is 1. The van der Waals surface area contributed by atoms with E-state index in [-0.39, 0.29) is 11.9 Å². The molecular formula is C17H20BrNO. The van der Waals surface area contributed by atoms with E-state index in [2.05, 4.69) is 54.0 Å². The Labute approximate surface area is 128 Å². The molecule has 0 spiro atoms. The molecule has 0 aliphatic heterocycles. The van der Waals surface area contributed by atoms with Gasteiger partial charge in [0.25, 0.3) is 0 Å². The summed E-state index contributed by atoms with van der Waals surface area (Å²) in [6, 6.07) is 14.7. The van der Waals surface area contributed by atoms with Gasteiger partial charge in [-0.2, -0.15) is 0 Å². The second-order valence-electron chi connectivity index (χ2n) is 5.23. The van der Waals surface area contributed by atoms with Gasteiger partial charge in [-0.1, -0.05) is 58.4 Å². The fourth-order valence-electron chi connectivity index (χ4n) is 2.39. The summed E-state index contributed by atoms with van der Waals surface area (Å²) in [7, 11) is 0. The molecule has 0 aromatic heterocycles. The number of nitrogens with zero attached hydrogens (tertiary/aromatic N) is 1. The molecule has 2 rings (SSSR count). The Hall–Kier alpha value is -1.35. The van der Waals surface area contributed by atoms with Gasteiger partial charge in [0, 0.05) is 17.9 Å². The van der Waals surface area contributed by atoms with Crippen molar-refractivity contribution < 1.29 is 4.79 Å². The Balaban J connectivity index is 2.16. The van der Waals surface area contributed by atoms with Crippen LogP contribution in [0.3, 0.4) is 0 Å². The van der Waals surface area contributed by atoms with E-state index in [4.69, 9.17) is 0 Å². The van der Waals surface area contributed by atoms with E-state index in [9.17, 15) is 4.79 Å². The highest BCUT2D eigenvalue weighted by molar-refractivity contribution is 9.09. The van der Waals surface area contributed by atoms with Gasteiger partial charge in [0.2, 0.25) is 5.91 Å². The lowest BCUT2D eigenvalue weighted by Gasteiger charge is -2.26. The first-order valence-corrected chi connectivity index (χ1v) is 8.07. The molecule has 2 aromatic rings. The summed E-state index contributed by atoms with van der Waals surface area (Å²) >= 11 is 3.41. The van der Waals surface area contributed by atoms with Crippen LogP contribution in [0.4, 0.5) is 0 Å². The number of carbonyl (C=O) groups excluding carboxylic acids is 1. The summed E-state index contributed by atoms with van der Waals surface area (Å²) < 4.78 is 0. The third-order valence-corrected chi connectivity index (χ3v) is 3.79. The predicted octanol–water partition coefficient (Wildman–Crippen LogP) is 4.01. The maximum absolute atomic E-state index is 12.4. The number of halogens is 1. The maximum atomic E-state index is 12.4. The lowest BCUT2D eigenvalue weighted by molar-refractivity contribution is -0.131. The fourth-order valence-corrected chi connectivity index (χ4v) is 2.77. The van der Waals surface area contributed by atoms with Crippen molar-refractivity contribution in [1.29, 1.82) is 0 Å². The number of carbonyl (C=O) groups is 1. The molecule has 0 aliphatic rings. The monoisotopic (exact) mass is 333 g/mol. The number of rotatable bonds is 5. The summed E-state index contributed by atoms with van der Waals surface area (Å²) in [6.07, 6.45) is 0.468.